The minimum Gasteiger partial charge on any atom is -0.462 e. The zero-order chi connectivity index (χ0) is 26.3. The normalized spacial score (nSPS) is 16.8. The smallest absolute Gasteiger partial charge is 0.425 e. The molecule has 32 heavy (non-hydrogen) atoms. The van der Waals surface area contributed by atoms with Crippen molar-refractivity contribution in [2.45, 2.75) is 112 Å². The van der Waals surface area contributed by atoms with Gasteiger partial charge in [-0.25, -0.2) is 0 Å². The van der Waals surface area contributed by atoms with Gasteiger partial charge in [0.15, 0.2) is 11.7 Å². The van der Waals surface area contributed by atoms with Gasteiger partial charge in [-0.15, -0.1) is 0 Å². The lowest BCUT2D eigenvalue weighted by Crippen LogP contribution is -2.45. The van der Waals surface area contributed by atoms with E-state index in [1.807, 2.05) is 0 Å². The van der Waals surface area contributed by atoms with E-state index < -0.39 is 59.4 Å². The van der Waals surface area contributed by atoms with Crippen molar-refractivity contribution >= 4 is 11.9 Å². The van der Waals surface area contributed by atoms with Gasteiger partial charge in [-0.1, -0.05) is 13.8 Å². The quantitative estimate of drug-likeness (QED) is 0.341. The number of carbonyl (C=O) groups excluding carboxylic acids is 2. The number of hydrogen-bond donors (Lipinski definition) is 1. The van der Waals surface area contributed by atoms with Crippen molar-refractivity contribution in [3.05, 3.63) is 0 Å². The van der Waals surface area contributed by atoms with Crippen molar-refractivity contribution in [1.82, 2.24) is 0 Å². The van der Waals surface area contributed by atoms with Crippen molar-refractivity contribution in [1.29, 1.82) is 0 Å². The molecule has 0 amide bonds. The van der Waals surface area contributed by atoms with Crippen LogP contribution in [0.2, 0.25) is 0 Å². The Morgan fingerprint density at radius 2 is 1.12 bits per heavy atom. The third kappa shape index (κ3) is 10.9. The summed E-state index contributed by atoms with van der Waals surface area (Å²) in [5, 5.41) is 9.28. The lowest BCUT2D eigenvalue weighted by atomic mass is 9.90. The highest BCUT2D eigenvalue weighted by Crippen LogP contribution is 2.34. The standard InChI is InChI=1S/C12H21F3O3.C9H15F3O2/c1-6-10(3,4)9(16)18-8(2)7-11(5,17)12(13,14)15;1-5-8(3,4)7(13)14-6(2)9(10,11)12/h8,17H,6-7H2,1-5H3;6H,5H2,1-4H3. The third-order valence-electron chi connectivity index (χ3n) is 5.22. The van der Waals surface area contributed by atoms with Crippen molar-refractivity contribution in [3.8, 4) is 0 Å². The lowest BCUT2D eigenvalue weighted by Gasteiger charge is -2.30. The van der Waals surface area contributed by atoms with Crippen molar-refractivity contribution in [3.63, 3.8) is 0 Å². The molecule has 0 aliphatic rings. The molecule has 0 radical (unpaired) electrons. The van der Waals surface area contributed by atoms with Crippen LogP contribution in [0.1, 0.15) is 81.6 Å². The van der Waals surface area contributed by atoms with Crippen molar-refractivity contribution in [2.24, 2.45) is 10.8 Å². The van der Waals surface area contributed by atoms with Gasteiger partial charge in [0.25, 0.3) is 0 Å². The maximum atomic E-state index is 12.4. The first-order valence-corrected chi connectivity index (χ1v) is 10.2. The van der Waals surface area contributed by atoms with Gasteiger partial charge in [-0.3, -0.25) is 9.59 Å². The van der Waals surface area contributed by atoms with E-state index in [1.165, 1.54) is 6.92 Å². The minimum absolute atomic E-state index is 0.441. The van der Waals surface area contributed by atoms with Crippen LogP contribution in [-0.4, -0.2) is 47.2 Å². The summed E-state index contributed by atoms with van der Waals surface area (Å²) in [6, 6.07) is 0. The maximum Gasteiger partial charge on any atom is 0.425 e. The fourth-order valence-electron chi connectivity index (χ4n) is 1.73. The van der Waals surface area contributed by atoms with E-state index in [0.29, 0.717) is 19.8 Å². The SMILES string of the molecule is CCC(C)(C)C(=O)OC(C)C(F)(F)F.CCC(C)(C)C(=O)OC(C)CC(C)(O)C(F)(F)F. The van der Waals surface area contributed by atoms with Gasteiger partial charge in [0, 0.05) is 6.42 Å². The molecule has 0 heterocycles. The summed E-state index contributed by atoms with van der Waals surface area (Å²) < 4.78 is 82.6. The molecule has 0 saturated carbocycles. The van der Waals surface area contributed by atoms with Crippen LogP contribution in [0.4, 0.5) is 26.3 Å². The highest BCUT2D eigenvalue weighted by Gasteiger charge is 2.51. The number of ether oxygens (including phenoxy) is 2. The molecule has 0 aromatic carbocycles. The molecule has 3 unspecified atom stereocenters. The molecule has 0 fully saturated rings. The molecule has 0 aromatic heterocycles. The Balaban J connectivity index is 0. The second kappa shape index (κ2) is 11.6. The monoisotopic (exact) mass is 482 g/mol. The third-order valence-corrected chi connectivity index (χ3v) is 5.22. The van der Waals surface area contributed by atoms with Crippen LogP contribution >= 0.6 is 0 Å². The Hall–Kier alpha value is -1.52. The summed E-state index contributed by atoms with van der Waals surface area (Å²) in [7, 11) is 0. The number of halogens is 6. The summed E-state index contributed by atoms with van der Waals surface area (Å²) in [6.07, 6.45) is -12.0. The van der Waals surface area contributed by atoms with E-state index in [2.05, 4.69) is 4.74 Å². The van der Waals surface area contributed by atoms with Gasteiger partial charge in [0.2, 0.25) is 0 Å². The molecule has 0 bridgehead atoms. The summed E-state index contributed by atoms with van der Waals surface area (Å²) in [6.45, 7) is 12.8. The summed E-state index contributed by atoms with van der Waals surface area (Å²) in [4.78, 5) is 22.9. The van der Waals surface area contributed by atoms with Gasteiger partial charge < -0.3 is 14.6 Å². The maximum absolute atomic E-state index is 12.4. The summed E-state index contributed by atoms with van der Waals surface area (Å²) in [5.74, 6) is -1.37. The fraction of sp³-hybridized carbons (Fsp3) is 0.905. The Bertz CT molecular complexity index is 609. The minimum atomic E-state index is -4.74. The van der Waals surface area contributed by atoms with Gasteiger partial charge in [0.1, 0.15) is 6.10 Å². The van der Waals surface area contributed by atoms with E-state index in [4.69, 9.17) is 4.74 Å². The van der Waals surface area contributed by atoms with Crippen LogP contribution in [0, 0.1) is 10.8 Å². The molecule has 0 spiro atoms. The van der Waals surface area contributed by atoms with Crippen molar-refractivity contribution < 1.29 is 50.5 Å². The first-order chi connectivity index (χ1) is 13.9. The predicted octanol–water partition coefficient (Wildman–Crippen LogP) is 5.97. The second-order valence-electron chi connectivity index (χ2n) is 9.26. The number of carbonyl (C=O) groups is 2. The average molecular weight is 483 g/mol. The molecule has 0 aromatic rings. The highest BCUT2D eigenvalue weighted by atomic mass is 19.4. The highest BCUT2D eigenvalue weighted by molar-refractivity contribution is 5.76. The van der Waals surface area contributed by atoms with Crippen molar-refractivity contribution in [2.75, 3.05) is 0 Å². The van der Waals surface area contributed by atoms with E-state index in [9.17, 15) is 41.0 Å². The van der Waals surface area contributed by atoms with Crippen LogP contribution in [0.15, 0.2) is 0 Å². The van der Waals surface area contributed by atoms with E-state index in [1.54, 1.807) is 41.5 Å². The Morgan fingerprint density at radius 1 is 0.781 bits per heavy atom. The molecule has 1 N–H and O–H groups in total. The molecule has 11 heteroatoms. The second-order valence-corrected chi connectivity index (χ2v) is 9.26. The van der Waals surface area contributed by atoms with Gasteiger partial charge in [-0.2, -0.15) is 26.3 Å². The van der Waals surface area contributed by atoms with E-state index in [-0.39, 0.29) is 0 Å². The molecular formula is C21H36F6O5. The first-order valence-electron chi connectivity index (χ1n) is 10.2. The lowest BCUT2D eigenvalue weighted by molar-refractivity contribution is -0.261. The molecule has 5 nitrogen and oxygen atoms in total. The van der Waals surface area contributed by atoms with Crippen LogP contribution in [0.5, 0.6) is 0 Å². The molecule has 0 rings (SSSR count). The Labute approximate surface area is 185 Å². The number of aliphatic hydroxyl groups is 1. The Kier molecular flexibility index (Phi) is 11.8. The topological polar surface area (TPSA) is 72.8 Å². The van der Waals surface area contributed by atoms with Crippen LogP contribution < -0.4 is 0 Å². The summed E-state index contributed by atoms with van der Waals surface area (Å²) in [5.41, 5.74) is -4.46. The number of rotatable bonds is 8. The zero-order valence-corrected chi connectivity index (χ0v) is 20.1. The number of alkyl halides is 6. The average Bonchev–Trinajstić information content (AvgIpc) is 2.59. The van der Waals surface area contributed by atoms with Crippen LogP contribution in [0.3, 0.4) is 0 Å². The van der Waals surface area contributed by atoms with E-state index >= 15 is 0 Å². The molecule has 0 aliphatic heterocycles. The molecule has 0 saturated heterocycles. The predicted molar refractivity (Wildman–Crippen MR) is 107 cm³/mol. The van der Waals surface area contributed by atoms with Gasteiger partial charge in [0.05, 0.1) is 10.8 Å². The Morgan fingerprint density at radius 3 is 1.41 bits per heavy atom. The number of hydrogen-bond acceptors (Lipinski definition) is 5. The van der Waals surface area contributed by atoms with Gasteiger partial charge in [-0.05, 0) is 61.3 Å². The van der Waals surface area contributed by atoms with Crippen LogP contribution in [0.25, 0.3) is 0 Å². The number of esters is 2. The molecule has 0 aliphatic carbocycles. The zero-order valence-electron chi connectivity index (χ0n) is 20.1. The van der Waals surface area contributed by atoms with E-state index in [0.717, 1.165) is 6.92 Å². The molecule has 3 atom stereocenters. The summed E-state index contributed by atoms with van der Waals surface area (Å²) >= 11 is 0. The first kappa shape index (κ1) is 32.7. The van der Waals surface area contributed by atoms with Crippen LogP contribution in [-0.2, 0) is 19.1 Å². The fourth-order valence-corrected chi connectivity index (χ4v) is 1.73. The largest absolute Gasteiger partial charge is 0.462 e. The molecule has 192 valence electrons. The van der Waals surface area contributed by atoms with Gasteiger partial charge >= 0.3 is 24.3 Å². The molecular weight excluding hydrogens is 446 g/mol.